The molecule has 2 aromatic rings. The number of para-hydroxylation sites is 1. The smallest absolute Gasteiger partial charge is 0.261 e. The molecule has 5 heteroatoms. The monoisotopic (exact) mass is 353 g/mol. The highest BCUT2D eigenvalue weighted by molar-refractivity contribution is 5.78. The second-order valence-electron chi connectivity index (χ2n) is 6.70. The third kappa shape index (κ3) is 3.34. The Morgan fingerprint density at radius 2 is 1.96 bits per heavy atom. The number of fused-ring (bicyclic) bond motifs is 1. The van der Waals surface area contributed by atoms with Crippen molar-refractivity contribution in [3.8, 4) is 17.2 Å². The van der Waals surface area contributed by atoms with Gasteiger partial charge in [-0.1, -0.05) is 24.3 Å². The van der Waals surface area contributed by atoms with Gasteiger partial charge in [-0.05, 0) is 49.1 Å². The Kier molecular flexibility index (Phi) is 4.69. The van der Waals surface area contributed by atoms with Crippen LogP contribution in [0, 0.1) is 6.92 Å². The summed E-state index contributed by atoms with van der Waals surface area (Å²) < 4.78 is 17.0. The van der Waals surface area contributed by atoms with Crippen molar-refractivity contribution in [3.05, 3.63) is 53.6 Å². The molecular formula is C21H23NO4. The van der Waals surface area contributed by atoms with Crippen LogP contribution in [0.15, 0.2) is 42.5 Å². The summed E-state index contributed by atoms with van der Waals surface area (Å²) in [7, 11) is 0. The number of likely N-dealkylation sites (tertiary alicyclic amines) is 1. The van der Waals surface area contributed by atoms with Crippen LogP contribution in [0.1, 0.15) is 30.0 Å². The number of benzene rings is 2. The Balaban J connectivity index is 1.46. The highest BCUT2D eigenvalue weighted by Crippen LogP contribution is 2.38. The van der Waals surface area contributed by atoms with Gasteiger partial charge in [0.15, 0.2) is 18.1 Å². The fourth-order valence-electron chi connectivity index (χ4n) is 3.62. The quantitative estimate of drug-likeness (QED) is 0.844. The van der Waals surface area contributed by atoms with Gasteiger partial charge in [0, 0.05) is 6.54 Å². The maximum absolute atomic E-state index is 12.7. The van der Waals surface area contributed by atoms with Crippen LogP contribution in [-0.2, 0) is 4.79 Å². The minimum absolute atomic E-state index is 0.0191. The van der Waals surface area contributed by atoms with Crippen molar-refractivity contribution in [2.24, 2.45) is 0 Å². The molecule has 0 aromatic heterocycles. The predicted octanol–water partition coefficient (Wildman–Crippen LogP) is 3.51. The van der Waals surface area contributed by atoms with Gasteiger partial charge in [0.2, 0.25) is 0 Å². The minimum atomic E-state index is 0.0191. The number of aryl methyl sites for hydroxylation is 1. The standard InChI is InChI=1S/C21H23NO4/c1-15-5-2-3-7-18(15)26-14-21(23)22-10-4-6-17(22)16-8-9-19-20(13-16)25-12-11-24-19/h2-3,5,7-9,13,17H,4,6,10-12,14H2,1H3/t17-/m0/s1. The van der Waals surface area contributed by atoms with Gasteiger partial charge in [0.25, 0.3) is 5.91 Å². The Bertz CT molecular complexity index is 804. The first kappa shape index (κ1) is 16.8. The van der Waals surface area contributed by atoms with E-state index in [1.165, 1.54) is 0 Å². The normalized spacial score (nSPS) is 18.7. The summed E-state index contributed by atoms with van der Waals surface area (Å²) in [6.07, 6.45) is 1.95. The average Bonchev–Trinajstić information content (AvgIpc) is 3.17. The second-order valence-corrected chi connectivity index (χ2v) is 6.70. The van der Waals surface area contributed by atoms with Crippen molar-refractivity contribution in [3.63, 3.8) is 0 Å². The Morgan fingerprint density at radius 3 is 2.81 bits per heavy atom. The number of amides is 1. The molecule has 0 aliphatic carbocycles. The fourth-order valence-corrected chi connectivity index (χ4v) is 3.62. The van der Waals surface area contributed by atoms with E-state index in [9.17, 15) is 4.79 Å². The predicted molar refractivity (Wildman–Crippen MR) is 97.8 cm³/mol. The third-order valence-electron chi connectivity index (χ3n) is 4.97. The van der Waals surface area contributed by atoms with Gasteiger partial charge in [-0.25, -0.2) is 0 Å². The zero-order chi connectivity index (χ0) is 17.9. The first-order valence-electron chi connectivity index (χ1n) is 9.10. The van der Waals surface area contributed by atoms with Gasteiger partial charge in [0.1, 0.15) is 19.0 Å². The van der Waals surface area contributed by atoms with E-state index in [0.29, 0.717) is 13.2 Å². The molecule has 0 N–H and O–H groups in total. The van der Waals surface area contributed by atoms with Crippen molar-refractivity contribution in [1.82, 2.24) is 4.90 Å². The lowest BCUT2D eigenvalue weighted by atomic mass is 10.0. The van der Waals surface area contributed by atoms with Gasteiger partial charge < -0.3 is 19.1 Å². The fraction of sp³-hybridized carbons (Fsp3) is 0.381. The molecule has 2 aliphatic heterocycles. The van der Waals surface area contributed by atoms with Gasteiger partial charge in [-0.15, -0.1) is 0 Å². The van der Waals surface area contributed by atoms with E-state index < -0.39 is 0 Å². The molecule has 0 radical (unpaired) electrons. The first-order valence-corrected chi connectivity index (χ1v) is 9.10. The molecule has 4 rings (SSSR count). The average molecular weight is 353 g/mol. The van der Waals surface area contributed by atoms with Crippen LogP contribution in [0.2, 0.25) is 0 Å². The zero-order valence-electron chi connectivity index (χ0n) is 14.9. The Labute approximate surface area is 153 Å². The number of hydrogen-bond donors (Lipinski definition) is 0. The molecule has 26 heavy (non-hydrogen) atoms. The minimum Gasteiger partial charge on any atom is -0.486 e. The molecule has 2 heterocycles. The lowest BCUT2D eigenvalue weighted by Gasteiger charge is -2.27. The number of ether oxygens (including phenoxy) is 3. The molecule has 2 aromatic carbocycles. The lowest BCUT2D eigenvalue weighted by Crippen LogP contribution is -2.34. The first-order chi connectivity index (χ1) is 12.7. The number of carbonyl (C=O) groups is 1. The highest BCUT2D eigenvalue weighted by atomic mass is 16.6. The van der Waals surface area contributed by atoms with Gasteiger partial charge in [-0.3, -0.25) is 4.79 Å². The summed E-state index contributed by atoms with van der Waals surface area (Å²) in [4.78, 5) is 14.7. The molecule has 5 nitrogen and oxygen atoms in total. The summed E-state index contributed by atoms with van der Waals surface area (Å²) >= 11 is 0. The van der Waals surface area contributed by atoms with E-state index in [0.717, 1.165) is 47.8 Å². The van der Waals surface area contributed by atoms with Crippen molar-refractivity contribution >= 4 is 5.91 Å². The second kappa shape index (κ2) is 7.28. The number of rotatable bonds is 4. The highest BCUT2D eigenvalue weighted by Gasteiger charge is 2.31. The molecule has 0 spiro atoms. The van der Waals surface area contributed by atoms with E-state index in [-0.39, 0.29) is 18.6 Å². The van der Waals surface area contributed by atoms with Crippen LogP contribution in [-0.4, -0.2) is 37.2 Å². The van der Waals surface area contributed by atoms with Crippen molar-refractivity contribution < 1.29 is 19.0 Å². The lowest BCUT2D eigenvalue weighted by molar-refractivity contribution is -0.134. The molecule has 1 fully saturated rings. The maximum atomic E-state index is 12.7. The van der Waals surface area contributed by atoms with Crippen LogP contribution >= 0.6 is 0 Å². The summed E-state index contributed by atoms with van der Waals surface area (Å²) in [5, 5.41) is 0. The van der Waals surface area contributed by atoms with Crippen molar-refractivity contribution in [2.45, 2.75) is 25.8 Å². The molecular weight excluding hydrogens is 330 g/mol. The number of hydrogen-bond acceptors (Lipinski definition) is 4. The van der Waals surface area contributed by atoms with Crippen LogP contribution in [0.3, 0.4) is 0 Å². The maximum Gasteiger partial charge on any atom is 0.261 e. The topological polar surface area (TPSA) is 48.0 Å². The summed E-state index contributed by atoms with van der Waals surface area (Å²) in [6.45, 7) is 3.94. The number of carbonyl (C=O) groups excluding carboxylic acids is 1. The summed E-state index contributed by atoms with van der Waals surface area (Å²) in [5.74, 6) is 2.32. The third-order valence-corrected chi connectivity index (χ3v) is 4.97. The van der Waals surface area contributed by atoms with Crippen LogP contribution in [0.5, 0.6) is 17.2 Å². The molecule has 0 bridgehead atoms. The van der Waals surface area contributed by atoms with Crippen LogP contribution in [0.4, 0.5) is 0 Å². The van der Waals surface area contributed by atoms with E-state index in [4.69, 9.17) is 14.2 Å². The molecule has 1 saturated heterocycles. The molecule has 1 amide bonds. The van der Waals surface area contributed by atoms with Crippen molar-refractivity contribution in [1.29, 1.82) is 0 Å². The van der Waals surface area contributed by atoms with E-state index in [1.54, 1.807) is 0 Å². The van der Waals surface area contributed by atoms with E-state index >= 15 is 0 Å². The number of nitrogens with zero attached hydrogens (tertiary/aromatic N) is 1. The molecule has 136 valence electrons. The van der Waals surface area contributed by atoms with Crippen LogP contribution < -0.4 is 14.2 Å². The van der Waals surface area contributed by atoms with Gasteiger partial charge in [0.05, 0.1) is 6.04 Å². The molecule has 1 atom stereocenters. The molecule has 0 unspecified atom stereocenters. The Hall–Kier alpha value is -2.69. The summed E-state index contributed by atoms with van der Waals surface area (Å²) in [5.41, 5.74) is 2.13. The SMILES string of the molecule is Cc1ccccc1OCC(=O)N1CCC[C@H]1c1ccc2c(c1)OCCO2. The van der Waals surface area contributed by atoms with Gasteiger partial charge >= 0.3 is 0 Å². The van der Waals surface area contributed by atoms with Gasteiger partial charge in [-0.2, -0.15) is 0 Å². The Morgan fingerprint density at radius 1 is 1.15 bits per heavy atom. The zero-order valence-corrected chi connectivity index (χ0v) is 14.9. The summed E-state index contributed by atoms with van der Waals surface area (Å²) in [6, 6.07) is 13.8. The van der Waals surface area contributed by atoms with E-state index in [2.05, 4.69) is 0 Å². The largest absolute Gasteiger partial charge is 0.486 e. The molecule has 2 aliphatic rings. The van der Waals surface area contributed by atoms with Crippen molar-refractivity contribution in [2.75, 3.05) is 26.4 Å². The van der Waals surface area contributed by atoms with Crippen LogP contribution in [0.25, 0.3) is 0 Å². The van der Waals surface area contributed by atoms with E-state index in [1.807, 2.05) is 54.3 Å². The molecule has 0 saturated carbocycles.